The Balaban J connectivity index is 2.23. The number of ether oxygens (including phenoxy) is 2. The fourth-order valence-corrected chi connectivity index (χ4v) is 3.10. The van der Waals surface area contributed by atoms with Crippen LogP contribution in [0.5, 0.6) is 11.5 Å². The zero-order valence-corrected chi connectivity index (χ0v) is 12.0. The third-order valence-corrected chi connectivity index (χ3v) is 4.15. The highest BCUT2D eigenvalue weighted by Gasteiger charge is 2.29. The molecular weight excluding hydrogens is 240 g/mol. The number of hydrazine groups is 1. The summed E-state index contributed by atoms with van der Waals surface area (Å²) < 4.78 is 10.6. The lowest BCUT2D eigenvalue weighted by Gasteiger charge is -2.24. The van der Waals surface area contributed by atoms with E-state index < -0.39 is 0 Å². The van der Waals surface area contributed by atoms with Gasteiger partial charge in [-0.1, -0.05) is 19.4 Å². The number of hydrogen-bond acceptors (Lipinski definition) is 4. The maximum absolute atomic E-state index is 5.77. The van der Waals surface area contributed by atoms with E-state index in [1.165, 1.54) is 24.8 Å². The Morgan fingerprint density at radius 2 is 1.95 bits per heavy atom. The second-order valence-corrected chi connectivity index (χ2v) is 5.44. The van der Waals surface area contributed by atoms with Gasteiger partial charge in [0, 0.05) is 6.04 Å². The second kappa shape index (κ2) is 6.26. The van der Waals surface area contributed by atoms with Gasteiger partial charge < -0.3 is 9.47 Å². The molecule has 0 amide bonds. The predicted molar refractivity (Wildman–Crippen MR) is 76.1 cm³/mol. The summed E-state index contributed by atoms with van der Waals surface area (Å²) in [6.07, 6.45) is 3.74. The average Bonchev–Trinajstić information content (AvgIpc) is 2.86. The molecule has 2 rings (SSSR count). The first kappa shape index (κ1) is 14.2. The zero-order chi connectivity index (χ0) is 13.8. The van der Waals surface area contributed by atoms with Crippen molar-refractivity contribution in [2.75, 3.05) is 14.2 Å². The molecule has 0 aliphatic heterocycles. The molecule has 19 heavy (non-hydrogen) atoms. The molecule has 1 aliphatic carbocycles. The quantitative estimate of drug-likeness (QED) is 0.634. The number of rotatable bonds is 5. The lowest BCUT2D eigenvalue weighted by Crippen LogP contribution is -2.32. The molecular formula is C15H24N2O2. The summed E-state index contributed by atoms with van der Waals surface area (Å²) in [6, 6.07) is 6.21. The van der Waals surface area contributed by atoms with Crippen molar-refractivity contribution in [2.45, 2.75) is 32.2 Å². The molecule has 4 heteroatoms. The van der Waals surface area contributed by atoms with Gasteiger partial charge in [0.2, 0.25) is 0 Å². The maximum Gasteiger partial charge on any atom is 0.161 e. The van der Waals surface area contributed by atoms with Gasteiger partial charge in [-0.3, -0.25) is 11.3 Å². The first-order valence-corrected chi connectivity index (χ1v) is 6.87. The Morgan fingerprint density at radius 3 is 2.47 bits per heavy atom. The van der Waals surface area contributed by atoms with E-state index in [1.54, 1.807) is 14.2 Å². The van der Waals surface area contributed by atoms with E-state index in [0.717, 1.165) is 17.4 Å². The molecule has 4 nitrogen and oxygen atoms in total. The molecule has 3 unspecified atom stereocenters. The molecule has 1 aromatic carbocycles. The van der Waals surface area contributed by atoms with Crippen molar-refractivity contribution >= 4 is 0 Å². The molecule has 1 fully saturated rings. The molecule has 3 N–H and O–H groups in total. The van der Waals surface area contributed by atoms with Crippen molar-refractivity contribution in [3.05, 3.63) is 23.8 Å². The third kappa shape index (κ3) is 3.01. The summed E-state index contributed by atoms with van der Waals surface area (Å²) in [5.74, 6) is 8.67. The molecule has 0 heterocycles. The van der Waals surface area contributed by atoms with Gasteiger partial charge in [0.1, 0.15) is 0 Å². The summed E-state index contributed by atoms with van der Waals surface area (Å²) in [7, 11) is 3.30. The zero-order valence-electron chi connectivity index (χ0n) is 12.0. The summed E-state index contributed by atoms with van der Waals surface area (Å²) in [6.45, 7) is 2.31. The smallest absolute Gasteiger partial charge is 0.161 e. The van der Waals surface area contributed by atoms with Gasteiger partial charge in [-0.15, -0.1) is 0 Å². The topological polar surface area (TPSA) is 56.5 Å². The maximum atomic E-state index is 5.77. The van der Waals surface area contributed by atoms with Crippen molar-refractivity contribution < 1.29 is 9.47 Å². The Kier molecular flexibility index (Phi) is 4.66. The van der Waals surface area contributed by atoms with E-state index in [9.17, 15) is 0 Å². The molecule has 0 radical (unpaired) electrons. The second-order valence-electron chi connectivity index (χ2n) is 5.44. The number of benzene rings is 1. The minimum Gasteiger partial charge on any atom is -0.493 e. The van der Waals surface area contributed by atoms with Crippen LogP contribution >= 0.6 is 0 Å². The highest BCUT2D eigenvalue weighted by molar-refractivity contribution is 5.44. The van der Waals surface area contributed by atoms with Gasteiger partial charge in [-0.2, -0.15) is 0 Å². The lowest BCUT2D eigenvalue weighted by atomic mass is 9.91. The van der Waals surface area contributed by atoms with Crippen molar-refractivity contribution in [1.82, 2.24) is 5.43 Å². The van der Waals surface area contributed by atoms with Gasteiger partial charge in [-0.05, 0) is 42.4 Å². The molecule has 3 atom stereocenters. The normalized spacial score (nSPS) is 24.2. The third-order valence-electron chi connectivity index (χ3n) is 4.15. The molecule has 1 aliphatic rings. The van der Waals surface area contributed by atoms with Crippen molar-refractivity contribution in [2.24, 2.45) is 17.7 Å². The Labute approximate surface area is 115 Å². The molecule has 1 saturated carbocycles. The van der Waals surface area contributed by atoms with Crippen LogP contribution in [0.25, 0.3) is 0 Å². The summed E-state index contributed by atoms with van der Waals surface area (Å²) in [4.78, 5) is 0. The fourth-order valence-electron chi connectivity index (χ4n) is 3.10. The average molecular weight is 264 g/mol. The molecule has 0 spiro atoms. The van der Waals surface area contributed by atoms with E-state index in [1.807, 2.05) is 12.1 Å². The largest absolute Gasteiger partial charge is 0.493 e. The van der Waals surface area contributed by atoms with Gasteiger partial charge in [0.15, 0.2) is 11.5 Å². The van der Waals surface area contributed by atoms with Crippen LogP contribution in [-0.2, 0) is 0 Å². The lowest BCUT2D eigenvalue weighted by molar-refractivity contribution is 0.345. The van der Waals surface area contributed by atoms with Crippen LogP contribution in [0.15, 0.2) is 18.2 Å². The van der Waals surface area contributed by atoms with Crippen LogP contribution < -0.4 is 20.7 Å². The summed E-state index contributed by atoms with van der Waals surface area (Å²) in [5, 5.41) is 0. The predicted octanol–water partition coefficient (Wildman–Crippen LogP) is 2.64. The molecule has 106 valence electrons. The van der Waals surface area contributed by atoms with Gasteiger partial charge in [0.25, 0.3) is 0 Å². The van der Waals surface area contributed by atoms with Crippen LogP contribution in [0, 0.1) is 11.8 Å². The van der Waals surface area contributed by atoms with Crippen LogP contribution in [0.1, 0.15) is 37.8 Å². The Morgan fingerprint density at radius 1 is 1.21 bits per heavy atom. The van der Waals surface area contributed by atoms with E-state index in [0.29, 0.717) is 5.92 Å². The monoisotopic (exact) mass is 264 g/mol. The number of hydrogen-bond donors (Lipinski definition) is 2. The van der Waals surface area contributed by atoms with Crippen LogP contribution in [0.4, 0.5) is 0 Å². The van der Waals surface area contributed by atoms with Crippen molar-refractivity contribution in [3.63, 3.8) is 0 Å². The SMILES string of the molecule is COc1ccc(C(NN)C2CCC(C)C2)cc1OC. The molecule has 0 aromatic heterocycles. The minimum atomic E-state index is 0.185. The van der Waals surface area contributed by atoms with Crippen LogP contribution in [0.3, 0.4) is 0 Å². The van der Waals surface area contributed by atoms with Gasteiger partial charge >= 0.3 is 0 Å². The number of nitrogens with two attached hydrogens (primary N) is 1. The van der Waals surface area contributed by atoms with Gasteiger partial charge in [-0.25, -0.2) is 0 Å². The first-order valence-electron chi connectivity index (χ1n) is 6.87. The highest BCUT2D eigenvalue weighted by Crippen LogP contribution is 2.40. The van der Waals surface area contributed by atoms with E-state index >= 15 is 0 Å². The summed E-state index contributed by atoms with van der Waals surface area (Å²) in [5.41, 5.74) is 4.14. The first-order chi connectivity index (χ1) is 9.19. The number of methoxy groups -OCH3 is 2. The highest BCUT2D eigenvalue weighted by atomic mass is 16.5. The van der Waals surface area contributed by atoms with Crippen molar-refractivity contribution in [3.8, 4) is 11.5 Å². The van der Waals surface area contributed by atoms with Crippen LogP contribution in [0.2, 0.25) is 0 Å². The van der Waals surface area contributed by atoms with E-state index in [-0.39, 0.29) is 6.04 Å². The van der Waals surface area contributed by atoms with E-state index in [2.05, 4.69) is 18.4 Å². The van der Waals surface area contributed by atoms with Crippen LogP contribution in [-0.4, -0.2) is 14.2 Å². The molecule has 0 saturated heterocycles. The Hall–Kier alpha value is -1.26. The fraction of sp³-hybridized carbons (Fsp3) is 0.600. The Bertz CT molecular complexity index is 423. The minimum absolute atomic E-state index is 0.185. The van der Waals surface area contributed by atoms with Gasteiger partial charge in [0.05, 0.1) is 14.2 Å². The van der Waals surface area contributed by atoms with E-state index in [4.69, 9.17) is 15.3 Å². The molecule has 0 bridgehead atoms. The molecule has 1 aromatic rings. The number of nitrogens with one attached hydrogen (secondary N) is 1. The van der Waals surface area contributed by atoms with Crippen molar-refractivity contribution in [1.29, 1.82) is 0 Å². The summed E-state index contributed by atoms with van der Waals surface area (Å²) >= 11 is 0. The standard InChI is InChI=1S/C15H24N2O2/c1-10-4-5-11(8-10)15(17-16)12-6-7-13(18-2)14(9-12)19-3/h6-7,9-11,15,17H,4-5,8,16H2,1-3H3.